The summed E-state index contributed by atoms with van der Waals surface area (Å²) in [5, 5.41) is 3.52. The molecular weight excluding hydrogens is 342 g/mol. The Kier molecular flexibility index (Phi) is 6.34. The number of hydrogen-bond acceptors (Lipinski definition) is 2. The van der Waals surface area contributed by atoms with Crippen LogP contribution in [-0.2, 0) is 0 Å². The fraction of sp³-hybridized carbons (Fsp3) is 0.333. The van der Waals surface area contributed by atoms with Gasteiger partial charge in [-0.05, 0) is 72.6 Å². The fourth-order valence-corrected chi connectivity index (χ4v) is 3.73. The number of rotatable bonds is 6. The average molecular weight is 364 g/mol. The van der Waals surface area contributed by atoms with E-state index in [-0.39, 0.29) is 0 Å². The average Bonchev–Trinajstić information content (AvgIpc) is 2.47. The third-order valence-electron chi connectivity index (χ3n) is 3.37. The highest BCUT2D eigenvalue weighted by Crippen LogP contribution is 2.35. The third-order valence-corrected chi connectivity index (χ3v) is 5.36. The number of aryl methyl sites for hydroxylation is 1. The first kappa shape index (κ1) is 16.6. The SMILES string of the molecule is CCCNC(C)c1ccc(Sc2cccc(C)c2)c(Br)c1. The van der Waals surface area contributed by atoms with Gasteiger partial charge < -0.3 is 5.32 Å². The molecule has 1 N–H and O–H groups in total. The quantitative estimate of drug-likeness (QED) is 0.678. The summed E-state index contributed by atoms with van der Waals surface area (Å²) in [4.78, 5) is 2.53. The topological polar surface area (TPSA) is 12.0 Å². The van der Waals surface area contributed by atoms with Gasteiger partial charge in [-0.15, -0.1) is 0 Å². The summed E-state index contributed by atoms with van der Waals surface area (Å²) in [6.07, 6.45) is 1.16. The molecule has 0 heterocycles. The molecule has 0 radical (unpaired) electrons. The molecule has 1 unspecified atom stereocenters. The van der Waals surface area contributed by atoms with E-state index in [1.807, 2.05) is 0 Å². The second-order valence-electron chi connectivity index (χ2n) is 5.28. The zero-order valence-electron chi connectivity index (χ0n) is 12.8. The molecule has 3 heteroatoms. The minimum atomic E-state index is 0.388. The smallest absolute Gasteiger partial charge is 0.0318 e. The first-order chi connectivity index (χ1) is 10.1. The van der Waals surface area contributed by atoms with Gasteiger partial charge in [-0.2, -0.15) is 0 Å². The van der Waals surface area contributed by atoms with Crippen LogP contribution in [0.2, 0.25) is 0 Å². The van der Waals surface area contributed by atoms with Crippen molar-refractivity contribution in [3.05, 3.63) is 58.1 Å². The molecule has 0 aliphatic carbocycles. The lowest BCUT2D eigenvalue weighted by molar-refractivity contribution is 0.570. The predicted octanol–water partition coefficient (Wildman–Crippen LogP) is 5.97. The van der Waals surface area contributed by atoms with Gasteiger partial charge in [-0.3, -0.25) is 0 Å². The third kappa shape index (κ3) is 4.87. The molecule has 0 bridgehead atoms. The normalized spacial score (nSPS) is 12.4. The Labute approximate surface area is 140 Å². The summed E-state index contributed by atoms with van der Waals surface area (Å²) in [5.41, 5.74) is 2.62. The van der Waals surface area contributed by atoms with Crippen molar-refractivity contribution in [3.8, 4) is 0 Å². The van der Waals surface area contributed by atoms with Gasteiger partial charge in [0.05, 0.1) is 0 Å². The number of halogens is 1. The molecule has 0 amide bonds. The minimum absolute atomic E-state index is 0.388. The monoisotopic (exact) mass is 363 g/mol. The second kappa shape index (κ2) is 8.02. The van der Waals surface area contributed by atoms with Gasteiger partial charge in [0.25, 0.3) is 0 Å². The largest absolute Gasteiger partial charge is 0.310 e. The molecule has 0 spiro atoms. The van der Waals surface area contributed by atoms with Gasteiger partial charge in [0.1, 0.15) is 0 Å². The Morgan fingerprint density at radius 2 is 2.00 bits per heavy atom. The van der Waals surface area contributed by atoms with Crippen LogP contribution in [0.5, 0.6) is 0 Å². The zero-order chi connectivity index (χ0) is 15.2. The Bertz CT molecular complexity index is 598. The summed E-state index contributed by atoms with van der Waals surface area (Å²) in [6, 6.07) is 15.7. The summed E-state index contributed by atoms with van der Waals surface area (Å²) in [7, 11) is 0. The minimum Gasteiger partial charge on any atom is -0.310 e. The van der Waals surface area contributed by atoms with Crippen LogP contribution in [0, 0.1) is 6.92 Å². The maximum Gasteiger partial charge on any atom is 0.0318 e. The molecule has 112 valence electrons. The van der Waals surface area contributed by atoms with Crippen molar-refractivity contribution in [3.63, 3.8) is 0 Å². The zero-order valence-corrected chi connectivity index (χ0v) is 15.2. The van der Waals surface area contributed by atoms with Gasteiger partial charge in [0.15, 0.2) is 0 Å². The highest BCUT2D eigenvalue weighted by Gasteiger charge is 2.08. The van der Waals surface area contributed by atoms with Gasteiger partial charge >= 0.3 is 0 Å². The van der Waals surface area contributed by atoms with Crippen LogP contribution in [0.3, 0.4) is 0 Å². The Hall–Kier alpha value is -0.770. The van der Waals surface area contributed by atoms with Crippen molar-refractivity contribution in [2.24, 2.45) is 0 Å². The maximum atomic E-state index is 3.71. The summed E-state index contributed by atoms with van der Waals surface area (Å²) in [6.45, 7) is 7.59. The summed E-state index contributed by atoms with van der Waals surface area (Å²) < 4.78 is 1.16. The van der Waals surface area contributed by atoms with E-state index in [4.69, 9.17) is 0 Å². The van der Waals surface area contributed by atoms with E-state index in [1.165, 1.54) is 20.9 Å². The van der Waals surface area contributed by atoms with E-state index in [1.54, 1.807) is 11.8 Å². The van der Waals surface area contributed by atoms with Gasteiger partial charge in [-0.1, -0.05) is 42.4 Å². The van der Waals surface area contributed by atoms with E-state index in [9.17, 15) is 0 Å². The van der Waals surface area contributed by atoms with E-state index in [2.05, 4.69) is 84.5 Å². The first-order valence-electron chi connectivity index (χ1n) is 7.37. The van der Waals surface area contributed by atoms with Crippen molar-refractivity contribution >= 4 is 27.7 Å². The van der Waals surface area contributed by atoms with Crippen LogP contribution in [0.15, 0.2) is 56.7 Å². The Morgan fingerprint density at radius 1 is 1.19 bits per heavy atom. The van der Waals surface area contributed by atoms with Crippen LogP contribution in [0.4, 0.5) is 0 Å². The maximum absolute atomic E-state index is 3.71. The second-order valence-corrected chi connectivity index (χ2v) is 7.25. The highest BCUT2D eigenvalue weighted by molar-refractivity contribution is 9.10. The van der Waals surface area contributed by atoms with E-state index >= 15 is 0 Å². The number of benzene rings is 2. The first-order valence-corrected chi connectivity index (χ1v) is 8.98. The van der Waals surface area contributed by atoms with Crippen molar-refractivity contribution in [1.82, 2.24) is 5.32 Å². The Morgan fingerprint density at radius 3 is 2.67 bits per heavy atom. The molecule has 0 fully saturated rings. The lowest BCUT2D eigenvalue weighted by atomic mass is 10.1. The molecule has 0 aliphatic heterocycles. The molecule has 21 heavy (non-hydrogen) atoms. The van der Waals surface area contributed by atoms with Gasteiger partial charge in [0, 0.05) is 20.3 Å². The van der Waals surface area contributed by atoms with Gasteiger partial charge in [-0.25, -0.2) is 0 Å². The standard InChI is InChI=1S/C18H22BrNS/c1-4-10-20-14(3)15-8-9-18(17(19)12-15)21-16-7-5-6-13(2)11-16/h5-9,11-12,14,20H,4,10H2,1-3H3. The molecule has 2 aromatic rings. The molecule has 2 aromatic carbocycles. The summed E-state index contributed by atoms with van der Waals surface area (Å²) in [5.74, 6) is 0. The number of hydrogen-bond donors (Lipinski definition) is 1. The molecule has 0 saturated heterocycles. The molecule has 2 rings (SSSR count). The van der Waals surface area contributed by atoms with E-state index in [0.29, 0.717) is 6.04 Å². The van der Waals surface area contributed by atoms with Crippen LogP contribution in [-0.4, -0.2) is 6.54 Å². The lowest BCUT2D eigenvalue weighted by Crippen LogP contribution is -2.19. The molecule has 0 saturated carbocycles. The van der Waals surface area contributed by atoms with E-state index < -0.39 is 0 Å². The van der Waals surface area contributed by atoms with Crippen LogP contribution < -0.4 is 5.32 Å². The highest BCUT2D eigenvalue weighted by atomic mass is 79.9. The Balaban J connectivity index is 2.12. The molecule has 0 aliphatic rings. The fourth-order valence-electron chi connectivity index (χ4n) is 2.15. The van der Waals surface area contributed by atoms with Crippen molar-refractivity contribution < 1.29 is 0 Å². The van der Waals surface area contributed by atoms with Crippen molar-refractivity contribution in [2.75, 3.05) is 6.54 Å². The molecule has 1 atom stereocenters. The van der Waals surface area contributed by atoms with Gasteiger partial charge in [0.2, 0.25) is 0 Å². The van der Waals surface area contributed by atoms with Crippen LogP contribution >= 0.6 is 27.7 Å². The van der Waals surface area contributed by atoms with Crippen LogP contribution in [0.25, 0.3) is 0 Å². The van der Waals surface area contributed by atoms with Crippen LogP contribution in [0.1, 0.15) is 37.4 Å². The lowest BCUT2D eigenvalue weighted by Gasteiger charge is -2.15. The molecule has 0 aromatic heterocycles. The molecular formula is C18H22BrNS. The van der Waals surface area contributed by atoms with Crippen molar-refractivity contribution in [1.29, 1.82) is 0 Å². The number of nitrogens with one attached hydrogen (secondary N) is 1. The van der Waals surface area contributed by atoms with Crippen molar-refractivity contribution in [2.45, 2.75) is 43.0 Å². The summed E-state index contributed by atoms with van der Waals surface area (Å²) >= 11 is 5.51. The predicted molar refractivity (Wildman–Crippen MR) is 96.2 cm³/mol. The van der Waals surface area contributed by atoms with E-state index in [0.717, 1.165) is 17.4 Å². The molecule has 1 nitrogen and oxygen atoms in total.